The van der Waals surface area contributed by atoms with Gasteiger partial charge < -0.3 is 19.3 Å². The standard InChI is InChI=1S/C32H35NO6/c1-19(2)39-23-14-11-20(12-15-23)28-27(29(34)25-17-21(32(3,4)5)13-16-26(25)38-7)30(35)31(36)33(28)22-9-8-10-24(18-22)37-6/h8-19,28,34H,1-7H3/b29-27+. The van der Waals surface area contributed by atoms with Crippen molar-refractivity contribution in [2.75, 3.05) is 19.1 Å². The molecule has 0 radical (unpaired) electrons. The van der Waals surface area contributed by atoms with E-state index in [1.807, 2.05) is 26.0 Å². The van der Waals surface area contributed by atoms with Crippen molar-refractivity contribution in [1.82, 2.24) is 0 Å². The predicted molar refractivity (Wildman–Crippen MR) is 152 cm³/mol. The van der Waals surface area contributed by atoms with Gasteiger partial charge in [-0.25, -0.2) is 0 Å². The summed E-state index contributed by atoms with van der Waals surface area (Å²) in [4.78, 5) is 28.6. The van der Waals surface area contributed by atoms with E-state index in [1.54, 1.807) is 54.6 Å². The number of anilines is 1. The van der Waals surface area contributed by atoms with E-state index in [0.29, 0.717) is 34.1 Å². The first-order valence-corrected chi connectivity index (χ1v) is 12.9. The Hall–Kier alpha value is -4.26. The number of carbonyl (C=O) groups excluding carboxylic acids is 2. The van der Waals surface area contributed by atoms with Gasteiger partial charge in [0.15, 0.2) is 0 Å². The Morgan fingerprint density at radius 1 is 0.897 bits per heavy atom. The minimum atomic E-state index is -0.895. The van der Waals surface area contributed by atoms with Crippen LogP contribution < -0.4 is 19.1 Å². The van der Waals surface area contributed by atoms with Crippen LogP contribution >= 0.6 is 0 Å². The number of nitrogens with zero attached hydrogens (tertiary/aromatic N) is 1. The summed E-state index contributed by atoms with van der Waals surface area (Å²) in [5.74, 6) is -0.240. The lowest BCUT2D eigenvalue weighted by atomic mass is 9.85. The lowest BCUT2D eigenvalue weighted by Gasteiger charge is -2.26. The summed E-state index contributed by atoms with van der Waals surface area (Å²) >= 11 is 0. The van der Waals surface area contributed by atoms with Crippen LogP contribution in [0.2, 0.25) is 0 Å². The molecule has 3 aromatic rings. The number of hydrogen-bond donors (Lipinski definition) is 1. The highest BCUT2D eigenvalue weighted by Crippen LogP contribution is 2.44. The number of methoxy groups -OCH3 is 2. The van der Waals surface area contributed by atoms with Crippen molar-refractivity contribution < 1.29 is 28.9 Å². The van der Waals surface area contributed by atoms with Crippen molar-refractivity contribution in [2.45, 2.75) is 52.2 Å². The van der Waals surface area contributed by atoms with Crippen molar-refractivity contribution in [3.05, 3.63) is 89.0 Å². The van der Waals surface area contributed by atoms with Gasteiger partial charge in [-0.05, 0) is 66.8 Å². The quantitative estimate of drug-likeness (QED) is 0.216. The van der Waals surface area contributed by atoms with Crippen LogP contribution in [0.4, 0.5) is 5.69 Å². The van der Waals surface area contributed by atoms with Gasteiger partial charge >= 0.3 is 0 Å². The first-order chi connectivity index (χ1) is 18.5. The van der Waals surface area contributed by atoms with E-state index in [1.165, 1.54) is 19.1 Å². The number of ketones is 1. The van der Waals surface area contributed by atoms with Crippen LogP contribution in [0.3, 0.4) is 0 Å². The molecule has 0 aliphatic carbocycles. The van der Waals surface area contributed by atoms with Crippen molar-refractivity contribution in [1.29, 1.82) is 0 Å². The fourth-order valence-corrected chi connectivity index (χ4v) is 4.68. The molecule has 1 heterocycles. The third-order valence-electron chi connectivity index (χ3n) is 6.66. The molecule has 1 unspecified atom stereocenters. The van der Waals surface area contributed by atoms with E-state index in [9.17, 15) is 14.7 Å². The van der Waals surface area contributed by atoms with Crippen molar-refractivity contribution in [3.8, 4) is 17.2 Å². The van der Waals surface area contributed by atoms with Crippen LogP contribution in [0, 0.1) is 0 Å². The topological polar surface area (TPSA) is 85.3 Å². The molecule has 1 aliphatic rings. The number of aliphatic hydroxyl groups excluding tert-OH is 1. The highest BCUT2D eigenvalue weighted by atomic mass is 16.5. The van der Waals surface area contributed by atoms with E-state index in [-0.39, 0.29) is 22.9 Å². The number of hydrogen-bond acceptors (Lipinski definition) is 6. The summed E-state index contributed by atoms with van der Waals surface area (Å²) in [7, 11) is 3.04. The van der Waals surface area contributed by atoms with Gasteiger partial charge in [0.2, 0.25) is 0 Å². The van der Waals surface area contributed by atoms with Gasteiger partial charge in [-0.1, -0.05) is 45.0 Å². The molecule has 1 amide bonds. The van der Waals surface area contributed by atoms with Gasteiger partial charge in [-0.15, -0.1) is 0 Å². The monoisotopic (exact) mass is 529 g/mol. The molecule has 39 heavy (non-hydrogen) atoms. The Morgan fingerprint density at radius 2 is 1.59 bits per heavy atom. The number of aliphatic hydroxyl groups is 1. The highest BCUT2D eigenvalue weighted by Gasteiger charge is 2.47. The Labute approximate surface area is 229 Å². The maximum Gasteiger partial charge on any atom is 0.300 e. The SMILES string of the molecule is COc1cccc(N2C(=O)C(=O)/C(=C(/O)c3cc(C(C)(C)C)ccc3OC)C2c2ccc(OC(C)C)cc2)c1. The summed E-state index contributed by atoms with van der Waals surface area (Å²) in [5.41, 5.74) is 2.15. The molecule has 1 fully saturated rings. The molecule has 0 aromatic heterocycles. The number of carbonyl (C=O) groups is 2. The van der Waals surface area contributed by atoms with E-state index >= 15 is 0 Å². The Morgan fingerprint density at radius 3 is 2.18 bits per heavy atom. The van der Waals surface area contributed by atoms with E-state index in [0.717, 1.165) is 5.56 Å². The molecule has 0 spiro atoms. The average Bonchev–Trinajstić information content (AvgIpc) is 3.17. The Kier molecular flexibility index (Phi) is 7.72. The molecule has 3 aromatic carbocycles. The van der Waals surface area contributed by atoms with Crippen LogP contribution in [-0.2, 0) is 15.0 Å². The largest absolute Gasteiger partial charge is 0.507 e. The third kappa shape index (κ3) is 5.48. The number of rotatable bonds is 7. The van der Waals surface area contributed by atoms with Crippen LogP contribution in [0.15, 0.2) is 72.3 Å². The fourth-order valence-electron chi connectivity index (χ4n) is 4.68. The number of Topliss-reactive ketones (excluding diaryl/α,β-unsaturated/α-hetero) is 1. The second kappa shape index (κ2) is 10.8. The van der Waals surface area contributed by atoms with E-state index in [2.05, 4.69) is 20.8 Å². The molecule has 1 atom stereocenters. The molecular formula is C32H35NO6. The number of amides is 1. The predicted octanol–water partition coefficient (Wildman–Crippen LogP) is 6.41. The lowest BCUT2D eigenvalue weighted by Crippen LogP contribution is -2.29. The third-order valence-corrected chi connectivity index (χ3v) is 6.66. The smallest absolute Gasteiger partial charge is 0.300 e. The zero-order chi connectivity index (χ0) is 28.5. The highest BCUT2D eigenvalue weighted by molar-refractivity contribution is 6.51. The minimum absolute atomic E-state index is 0.0131. The molecule has 0 bridgehead atoms. The molecule has 7 nitrogen and oxygen atoms in total. The summed E-state index contributed by atoms with van der Waals surface area (Å²) in [6.07, 6.45) is -0.0131. The normalized spacial score (nSPS) is 17.0. The molecule has 0 saturated carbocycles. The molecule has 204 valence electrons. The van der Waals surface area contributed by atoms with Gasteiger partial charge in [-0.3, -0.25) is 14.5 Å². The molecule has 1 saturated heterocycles. The second-order valence-corrected chi connectivity index (χ2v) is 10.8. The first kappa shape index (κ1) is 27.8. The van der Waals surface area contributed by atoms with Gasteiger partial charge in [0.05, 0.1) is 37.5 Å². The average molecular weight is 530 g/mol. The number of benzene rings is 3. The first-order valence-electron chi connectivity index (χ1n) is 12.9. The lowest BCUT2D eigenvalue weighted by molar-refractivity contribution is -0.132. The van der Waals surface area contributed by atoms with Crippen LogP contribution in [0.25, 0.3) is 5.76 Å². The summed E-state index contributed by atoms with van der Waals surface area (Å²) in [6, 6.07) is 18.7. The molecule has 1 aliphatic heterocycles. The van der Waals surface area contributed by atoms with Crippen LogP contribution in [-0.4, -0.2) is 37.1 Å². The van der Waals surface area contributed by atoms with Gasteiger partial charge in [0.1, 0.15) is 23.0 Å². The van der Waals surface area contributed by atoms with Crippen molar-refractivity contribution in [2.24, 2.45) is 0 Å². The summed E-state index contributed by atoms with van der Waals surface area (Å²) in [6.45, 7) is 10.0. The Balaban J connectivity index is 1.96. The summed E-state index contributed by atoms with van der Waals surface area (Å²) in [5, 5.41) is 11.7. The second-order valence-electron chi connectivity index (χ2n) is 10.8. The van der Waals surface area contributed by atoms with Crippen molar-refractivity contribution in [3.63, 3.8) is 0 Å². The Bertz CT molecular complexity index is 1420. The maximum atomic E-state index is 13.6. The maximum absolute atomic E-state index is 13.6. The zero-order valence-electron chi connectivity index (χ0n) is 23.4. The fraction of sp³-hybridized carbons (Fsp3) is 0.312. The van der Waals surface area contributed by atoms with E-state index in [4.69, 9.17) is 14.2 Å². The van der Waals surface area contributed by atoms with Crippen LogP contribution in [0.1, 0.15) is 57.4 Å². The van der Waals surface area contributed by atoms with Gasteiger partial charge in [-0.2, -0.15) is 0 Å². The van der Waals surface area contributed by atoms with Gasteiger partial charge in [0.25, 0.3) is 11.7 Å². The molecule has 7 heteroatoms. The molecular weight excluding hydrogens is 494 g/mol. The van der Waals surface area contributed by atoms with E-state index < -0.39 is 17.7 Å². The zero-order valence-corrected chi connectivity index (χ0v) is 23.4. The number of ether oxygens (including phenoxy) is 3. The minimum Gasteiger partial charge on any atom is -0.507 e. The summed E-state index contributed by atoms with van der Waals surface area (Å²) < 4.78 is 16.7. The molecule has 1 N–H and O–H groups in total. The molecule has 4 rings (SSSR count). The van der Waals surface area contributed by atoms with Crippen LogP contribution in [0.5, 0.6) is 17.2 Å². The van der Waals surface area contributed by atoms with Crippen molar-refractivity contribution >= 4 is 23.1 Å². The van der Waals surface area contributed by atoms with Gasteiger partial charge in [0, 0.05) is 11.8 Å².